The van der Waals surface area contributed by atoms with Crippen LogP contribution < -0.4 is 15.4 Å². The van der Waals surface area contributed by atoms with Crippen LogP contribution in [-0.2, 0) is 4.79 Å². The van der Waals surface area contributed by atoms with E-state index in [2.05, 4.69) is 10.6 Å². The molecule has 1 spiro atoms. The van der Waals surface area contributed by atoms with Crippen LogP contribution >= 0.6 is 0 Å². The highest BCUT2D eigenvalue weighted by Crippen LogP contribution is 2.58. The van der Waals surface area contributed by atoms with Crippen LogP contribution in [0.1, 0.15) is 36.5 Å². The molecule has 1 saturated heterocycles. The zero-order valence-electron chi connectivity index (χ0n) is 15.2. The minimum atomic E-state index is -0.0974. The number of ether oxygens (including phenoxy) is 1. The molecule has 6 heteroatoms. The summed E-state index contributed by atoms with van der Waals surface area (Å²) in [6.07, 6.45) is 3.08. The molecule has 2 amide bonds. The third kappa shape index (κ3) is 3.63. The van der Waals surface area contributed by atoms with E-state index in [-0.39, 0.29) is 23.1 Å². The van der Waals surface area contributed by atoms with Gasteiger partial charge in [0.25, 0.3) is 5.91 Å². The molecule has 1 aromatic rings. The van der Waals surface area contributed by atoms with E-state index in [1.165, 1.54) is 4.90 Å². The molecule has 3 rings (SSSR count). The van der Waals surface area contributed by atoms with Crippen molar-refractivity contribution in [2.45, 2.75) is 26.2 Å². The quantitative estimate of drug-likeness (QED) is 0.857. The number of carbonyl (C=O) groups excluding carboxylic acids is 2. The summed E-state index contributed by atoms with van der Waals surface area (Å²) < 4.78 is 5.62. The number of piperidine rings is 1. The van der Waals surface area contributed by atoms with Crippen LogP contribution in [0.2, 0.25) is 0 Å². The number of benzene rings is 1. The first-order valence-electron chi connectivity index (χ1n) is 8.97. The van der Waals surface area contributed by atoms with Gasteiger partial charge >= 0.3 is 0 Å². The van der Waals surface area contributed by atoms with Gasteiger partial charge in [0.1, 0.15) is 5.75 Å². The zero-order valence-corrected chi connectivity index (χ0v) is 15.2. The first-order valence-corrected chi connectivity index (χ1v) is 8.97. The van der Waals surface area contributed by atoms with E-state index in [1.807, 2.05) is 6.92 Å². The van der Waals surface area contributed by atoms with Crippen LogP contribution in [-0.4, -0.2) is 50.5 Å². The third-order valence-electron chi connectivity index (χ3n) is 5.30. The number of rotatable bonds is 5. The van der Waals surface area contributed by atoms with Gasteiger partial charge in [0, 0.05) is 25.6 Å². The Morgan fingerprint density at radius 2 is 2.04 bits per heavy atom. The van der Waals surface area contributed by atoms with E-state index in [9.17, 15) is 9.59 Å². The zero-order chi connectivity index (χ0) is 18.0. The molecule has 1 aliphatic heterocycles. The second-order valence-corrected chi connectivity index (χ2v) is 7.20. The van der Waals surface area contributed by atoms with Crippen molar-refractivity contribution in [2.24, 2.45) is 11.3 Å². The van der Waals surface area contributed by atoms with E-state index >= 15 is 0 Å². The van der Waals surface area contributed by atoms with E-state index in [4.69, 9.17) is 4.74 Å². The van der Waals surface area contributed by atoms with Crippen LogP contribution in [0.4, 0.5) is 5.69 Å². The monoisotopic (exact) mass is 345 g/mol. The minimum absolute atomic E-state index is 0.0392. The molecule has 0 aromatic heterocycles. The number of hydrogen-bond donors (Lipinski definition) is 2. The average molecular weight is 345 g/mol. The van der Waals surface area contributed by atoms with Crippen LogP contribution in [0, 0.1) is 11.3 Å². The fourth-order valence-corrected chi connectivity index (χ4v) is 3.72. The van der Waals surface area contributed by atoms with Crippen molar-refractivity contribution in [2.75, 3.05) is 39.1 Å². The maximum Gasteiger partial charge on any atom is 0.253 e. The summed E-state index contributed by atoms with van der Waals surface area (Å²) in [5, 5.41) is 6.36. The SMILES string of the molecule is CCOc1ccc(C(=O)N(C)C)cc1NC(=O)C1CC12CCNCC2. The van der Waals surface area contributed by atoms with Gasteiger partial charge in [-0.2, -0.15) is 0 Å². The van der Waals surface area contributed by atoms with Gasteiger partial charge < -0.3 is 20.3 Å². The average Bonchev–Trinajstić information content (AvgIpc) is 3.29. The van der Waals surface area contributed by atoms with Crippen molar-refractivity contribution in [3.8, 4) is 5.75 Å². The fraction of sp³-hybridized carbons (Fsp3) is 0.579. The molecule has 0 bridgehead atoms. The molecule has 0 radical (unpaired) electrons. The number of nitrogens with zero attached hydrogens (tertiary/aromatic N) is 1. The summed E-state index contributed by atoms with van der Waals surface area (Å²) >= 11 is 0. The first kappa shape index (κ1) is 17.7. The van der Waals surface area contributed by atoms with Gasteiger partial charge in [-0.15, -0.1) is 0 Å². The molecular formula is C19H27N3O3. The molecule has 25 heavy (non-hydrogen) atoms. The van der Waals surface area contributed by atoms with E-state index in [0.717, 1.165) is 32.4 Å². The van der Waals surface area contributed by atoms with Crippen LogP contribution in [0.15, 0.2) is 18.2 Å². The molecule has 1 aliphatic carbocycles. The Balaban J connectivity index is 1.76. The normalized spacial score (nSPS) is 20.8. The van der Waals surface area contributed by atoms with Crippen molar-refractivity contribution >= 4 is 17.5 Å². The highest BCUT2D eigenvalue weighted by molar-refractivity contribution is 5.99. The highest BCUT2D eigenvalue weighted by Gasteiger charge is 2.57. The topological polar surface area (TPSA) is 70.7 Å². The predicted molar refractivity (Wildman–Crippen MR) is 96.9 cm³/mol. The third-order valence-corrected chi connectivity index (χ3v) is 5.30. The summed E-state index contributed by atoms with van der Waals surface area (Å²) in [7, 11) is 3.42. The Labute approximate surface area is 148 Å². The molecule has 2 N–H and O–H groups in total. The molecule has 1 unspecified atom stereocenters. The molecule has 2 aliphatic rings. The second-order valence-electron chi connectivity index (χ2n) is 7.20. The Kier molecular flexibility index (Phi) is 4.99. The lowest BCUT2D eigenvalue weighted by molar-refractivity contribution is -0.118. The molecule has 1 aromatic carbocycles. The van der Waals surface area contributed by atoms with Crippen LogP contribution in [0.25, 0.3) is 0 Å². The smallest absolute Gasteiger partial charge is 0.253 e. The molecule has 1 heterocycles. The summed E-state index contributed by atoms with van der Waals surface area (Å²) in [6, 6.07) is 5.19. The summed E-state index contributed by atoms with van der Waals surface area (Å²) in [6.45, 7) is 4.37. The van der Waals surface area contributed by atoms with E-state index in [1.54, 1.807) is 32.3 Å². The molecule has 1 saturated carbocycles. The van der Waals surface area contributed by atoms with Crippen molar-refractivity contribution in [1.29, 1.82) is 0 Å². The predicted octanol–water partition coefficient (Wildman–Crippen LogP) is 2.12. The lowest BCUT2D eigenvalue weighted by Gasteiger charge is -2.23. The van der Waals surface area contributed by atoms with Crippen molar-refractivity contribution in [3.63, 3.8) is 0 Å². The standard InChI is InChI=1S/C19H27N3O3/c1-4-25-16-6-5-13(18(24)22(2)3)11-15(16)21-17(23)14-12-19(14)7-9-20-10-8-19/h5-6,11,14,20H,4,7-10,12H2,1-3H3,(H,21,23). The van der Waals surface area contributed by atoms with Gasteiger partial charge in [-0.1, -0.05) is 0 Å². The molecule has 1 atom stereocenters. The number of nitrogens with one attached hydrogen (secondary N) is 2. The number of amides is 2. The first-order chi connectivity index (χ1) is 12.0. The molecule has 6 nitrogen and oxygen atoms in total. The number of anilines is 1. The lowest BCUT2D eigenvalue weighted by atomic mass is 9.92. The maximum absolute atomic E-state index is 12.7. The Morgan fingerprint density at radius 1 is 1.32 bits per heavy atom. The van der Waals surface area contributed by atoms with Crippen molar-refractivity contribution < 1.29 is 14.3 Å². The molecule has 136 valence electrons. The summed E-state index contributed by atoms with van der Waals surface area (Å²) in [5.74, 6) is 0.612. The number of carbonyl (C=O) groups is 2. The van der Waals surface area contributed by atoms with Gasteiger partial charge in [-0.05, 0) is 62.9 Å². The molecule has 2 fully saturated rings. The van der Waals surface area contributed by atoms with Crippen molar-refractivity contribution in [1.82, 2.24) is 10.2 Å². The summed E-state index contributed by atoms with van der Waals surface area (Å²) in [4.78, 5) is 26.5. The Hall–Kier alpha value is -2.08. The van der Waals surface area contributed by atoms with Gasteiger partial charge in [-0.3, -0.25) is 9.59 Å². The maximum atomic E-state index is 12.7. The highest BCUT2D eigenvalue weighted by atomic mass is 16.5. The Morgan fingerprint density at radius 3 is 2.68 bits per heavy atom. The van der Waals surface area contributed by atoms with E-state index < -0.39 is 0 Å². The fourth-order valence-electron chi connectivity index (χ4n) is 3.72. The van der Waals surface area contributed by atoms with Gasteiger partial charge in [-0.25, -0.2) is 0 Å². The van der Waals surface area contributed by atoms with Gasteiger partial charge in [0.15, 0.2) is 0 Å². The van der Waals surface area contributed by atoms with E-state index in [0.29, 0.717) is 23.6 Å². The largest absolute Gasteiger partial charge is 0.492 e. The molecular weight excluding hydrogens is 318 g/mol. The lowest BCUT2D eigenvalue weighted by Crippen LogP contribution is -2.31. The van der Waals surface area contributed by atoms with Crippen LogP contribution in [0.5, 0.6) is 5.75 Å². The summed E-state index contributed by atoms with van der Waals surface area (Å²) in [5.41, 5.74) is 1.30. The van der Waals surface area contributed by atoms with Crippen LogP contribution in [0.3, 0.4) is 0 Å². The Bertz CT molecular complexity index is 666. The van der Waals surface area contributed by atoms with Gasteiger partial charge in [0.2, 0.25) is 5.91 Å². The van der Waals surface area contributed by atoms with Crippen molar-refractivity contribution in [3.05, 3.63) is 23.8 Å². The van der Waals surface area contributed by atoms with Gasteiger partial charge in [0.05, 0.1) is 12.3 Å². The second kappa shape index (κ2) is 7.04. The minimum Gasteiger partial charge on any atom is -0.492 e. The number of hydrogen-bond acceptors (Lipinski definition) is 4.